The van der Waals surface area contributed by atoms with Crippen molar-refractivity contribution >= 4 is 5.82 Å². The maximum atomic E-state index is 9.72. The number of aryl methyl sites for hydroxylation is 1. The van der Waals surface area contributed by atoms with Crippen molar-refractivity contribution < 1.29 is 9.84 Å². The molecule has 7 heteroatoms. The van der Waals surface area contributed by atoms with Crippen molar-refractivity contribution in [2.45, 2.75) is 24.5 Å². The molecule has 3 fully saturated rings. The molecule has 2 bridgehead atoms. The van der Waals surface area contributed by atoms with Crippen molar-refractivity contribution in [2.24, 2.45) is 18.9 Å². The fourth-order valence-electron chi connectivity index (χ4n) is 4.83. The Bertz CT molecular complexity index is 761. The Balaban J connectivity index is 1.40. The zero-order chi connectivity index (χ0) is 16.3. The standard InChI is InChI=1S/C17H21N5O2/c1-21-7-6-18-16(21)13-2-3-15(20-19-13)22-8-12-11(9-23)14-4-5-17(12,10-22)24-14/h2-3,6-7,11-12,14,23H,4-5,8-10H2,1H3/t11-,12+,14+,17+/m1/s1. The Morgan fingerprint density at radius 3 is 3.00 bits per heavy atom. The van der Waals surface area contributed by atoms with Gasteiger partial charge in [0.1, 0.15) is 5.69 Å². The largest absolute Gasteiger partial charge is 0.396 e. The third kappa shape index (κ3) is 1.88. The predicted molar refractivity (Wildman–Crippen MR) is 87.4 cm³/mol. The van der Waals surface area contributed by atoms with E-state index in [0.717, 1.165) is 43.3 Å². The Hall–Kier alpha value is -1.99. The summed E-state index contributed by atoms with van der Waals surface area (Å²) in [5, 5.41) is 18.5. The van der Waals surface area contributed by atoms with E-state index < -0.39 is 0 Å². The number of hydrogen-bond donors (Lipinski definition) is 1. The van der Waals surface area contributed by atoms with Crippen LogP contribution >= 0.6 is 0 Å². The number of rotatable bonds is 3. The Labute approximate surface area is 140 Å². The molecule has 0 aromatic carbocycles. The number of aliphatic hydroxyl groups excluding tert-OH is 1. The normalized spacial score (nSPS) is 34.1. The first kappa shape index (κ1) is 14.4. The van der Waals surface area contributed by atoms with Gasteiger partial charge in [0.15, 0.2) is 11.6 Å². The van der Waals surface area contributed by atoms with Crippen LogP contribution in [0.25, 0.3) is 11.5 Å². The van der Waals surface area contributed by atoms with Crippen molar-refractivity contribution in [3.63, 3.8) is 0 Å². The highest BCUT2D eigenvalue weighted by Crippen LogP contribution is 2.55. The molecule has 0 aliphatic carbocycles. The molecule has 7 nitrogen and oxygen atoms in total. The third-order valence-corrected chi connectivity index (χ3v) is 6.02. The zero-order valence-electron chi connectivity index (χ0n) is 13.7. The van der Waals surface area contributed by atoms with E-state index in [9.17, 15) is 5.11 Å². The van der Waals surface area contributed by atoms with Crippen molar-refractivity contribution in [1.82, 2.24) is 19.7 Å². The Morgan fingerprint density at radius 1 is 1.38 bits per heavy atom. The van der Waals surface area contributed by atoms with Crippen LogP contribution in [0.5, 0.6) is 0 Å². The van der Waals surface area contributed by atoms with E-state index >= 15 is 0 Å². The summed E-state index contributed by atoms with van der Waals surface area (Å²) >= 11 is 0. The monoisotopic (exact) mass is 327 g/mol. The number of imidazole rings is 1. The first-order chi connectivity index (χ1) is 11.7. The second kappa shape index (κ2) is 5.00. The summed E-state index contributed by atoms with van der Waals surface area (Å²) in [4.78, 5) is 6.56. The fourth-order valence-corrected chi connectivity index (χ4v) is 4.83. The van der Waals surface area contributed by atoms with Crippen LogP contribution in [0.1, 0.15) is 12.8 Å². The van der Waals surface area contributed by atoms with E-state index in [-0.39, 0.29) is 24.2 Å². The molecule has 0 unspecified atom stereocenters. The third-order valence-electron chi connectivity index (χ3n) is 6.02. The molecule has 2 aromatic rings. The zero-order valence-corrected chi connectivity index (χ0v) is 13.7. The highest BCUT2D eigenvalue weighted by molar-refractivity contribution is 5.52. The molecule has 1 N–H and O–H groups in total. The van der Waals surface area contributed by atoms with Gasteiger partial charge in [0.2, 0.25) is 0 Å². The highest BCUT2D eigenvalue weighted by Gasteiger charge is 2.62. The second-order valence-electron chi connectivity index (χ2n) is 7.23. The summed E-state index contributed by atoms with van der Waals surface area (Å²) in [6, 6.07) is 3.98. The molecule has 3 saturated heterocycles. The van der Waals surface area contributed by atoms with Crippen LogP contribution in [-0.4, -0.2) is 56.3 Å². The van der Waals surface area contributed by atoms with Crippen LogP contribution in [0.15, 0.2) is 24.5 Å². The number of anilines is 1. The minimum absolute atomic E-state index is 0.0852. The molecule has 0 saturated carbocycles. The van der Waals surface area contributed by atoms with Gasteiger partial charge in [-0.3, -0.25) is 0 Å². The summed E-state index contributed by atoms with van der Waals surface area (Å²) in [5.74, 6) is 2.36. The van der Waals surface area contributed by atoms with E-state index in [1.165, 1.54) is 0 Å². The van der Waals surface area contributed by atoms with Gasteiger partial charge in [0.25, 0.3) is 0 Å². The van der Waals surface area contributed by atoms with Gasteiger partial charge in [-0.2, -0.15) is 0 Å². The first-order valence-corrected chi connectivity index (χ1v) is 8.55. The first-order valence-electron chi connectivity index (χ1n) is 8.55. The van der Waals surface area contributed by atoms with Gasteiger partial charge < -0.3 is 19.3 Å². The van der Waals surface area contributed by atoms with Gasteiger partial charge in [0.05, 0.1) is 11.7 Å². The molecule has 3 aliphatic heterocycles. The second-order valence-corrected chi connectivity index (χ2v) is 7.23. The average molecular weight is 327 g/mol. The van der Waals surface area contributed by atoms with E-state index in [4.69, 9.17) is 4.74 Å². The Kier molecular flexibility index (Phi) is 2.99. The lowest BCUT2D eigenvalue weighted by molar-refractivity contribution is 0.0128. The van der Waals surface area contributed by atoms with Crippen LogP contribution in [0, 0.1) is 11.8 Å². The number of ether oxygens (including phenoxy) is 1. The summed E-state index contributed by atoms with van der Waals surface area (Å²) in [7, 11) is 1.95. The van der Waals surface area contributed by atoms with Gasteiger partial charge in [-0.05, 0) is 25.0 Å². The van der Waals surface area contributed by atoms with E-state index in [1.807, 2.05) is 29.9 Å². The number of fused-ring (bicyclic) bond motifs is 1. The lowest BCUT2D eigenvalue weighted by Gasteiger charge is -2.27. The van der Waals surface area contributed by atoms with Crippen molar-refractivity contribution in [1.29, 1.82) is 0 Å². The van der Waals surface area contributed by atoms with Crippen molar-refractivity contribution in [3.05, 3.63) is 24.5 Å². The van der Waals surface area contributed by atoms with Crippen LogP contribution in [0.2, 0.25) is 0 Å². The molecule has 0 amide bonds. The van der Waals surface area contributed by atoms with Crippen LogP contribution in [0.3, 0.4) is 0 Å². The number of aromatic nitrogens is 4. The molecule has 4 atom stereocenters. The van der Waals surface area contributed by atoms with Gasteiger partial charge in [-0.25, -0.2) is 4.98 Å². The van der Waals surface area contributed by atoms with Gasteiger partial charge >= 0.3 is 0 Å². The smallest absolute Gasteiger partial charge is 0.160 e. The highest BCUT2D eigenvalue weighted by atomic mass is 16.5. The number of hydrogen-bond acceptors (Lipinski definition) is 6. The fraction of sp³-hybridized carbons (Fsp3) is 0.588. The number of nitrogens with zero attached hydrogens (tertiary/aromatic N) is 5. The van der Waals surface area contributed by atoms with E-state index in [0.29, 0.717) is 5.92 Å². The van der Waals surface area contributed by atoms with Crippen molar-refractivity contribution in [2.75, 3.05) is 24.6 Å². The van der Waals surface area contributed by atoms with E-state index in [1.54, 1.807) is 6.20 Å². The molecular weight excluding hydrogens is 306 g/mol. The Morgan fingerprint density at radius 2 is 2.29 bits per heavy atom. The van der Waals surface area contributed by atoms with Gasteiger partial charge in [-0.15, -0.1) is 10.2 Å². The lowest BCUT2D eigenvalue weighted by Crippen LogP contribution is -2.37. The molecular formula is C17H21N5O2. The predicted octanol–water partition coefficient (Wildman–Crippen LogP) is 0.853. The topological polar surface area (TPSA) is 76.3 Å². The maximum Gasteiger partial charge on any atom is 0.160 e. The molecule has 5 heterocycles. The number of aliphatic hydroxyl groups is 1. The molecule has 24 heavy (non-hydrogen) atoms. The lowest BCUT2D eigenvalue weighted by atomic mass is 9.74. The minimum atomic E-state index is -0.0852. The quantitative estimate of drug-likeness (QED) is 0.901. The maximum absolute atomic E-state index is 9.72. The molecule has 0 radical (unpaired) electrons. The average Bonchev–Trinajstić information content (AvgIpc) is 3.34. The SMILES string of the molecule is Cn1ccnc1-c1ccc(N2C[C@H]3[C@@H](CO)[C@@H]4CC[C@@]3(C2)O4)nn1. The van der Waals surface area contributed by atoms with Crippen molar-refractivity contribution in [3.8, 4) is 11.5 Å². The molecule has 1 spiro atoms. The van der Waals surface area contributed by atoms with Crippen LogP contribution in [-0.2, 0) is 11.8 Å². The van der Waals surface area contributed by atoms with Gasteiger partial charge in [-0.1, -0.05) is 0 Å². The summed E-state index contributed by atoms with van der Waals surface area (Å²) in [6.45, 7) is 1.95. The molecule has 126 valence electrons. The van der Waals surface area contributed by atoms with Crippen LogP contribution in [0.4, 0.5) is 5.82 Å². The van der Waals surface area contributed by atoms with Gasteiger partial charge in [0, 0.05) is 51.0 Å². The molecule has 2 aromatic heterocycles. The van der Waals surface area contributed by atoms with E-state index in [2.05, 4.69) is 20.1 Å². The summed E-state index contributed by atoms with van der Waals surface area (Å²) in [6.07, 6.45) is 6.07. The van der Waals surface area contributed by atoms with Crippen LogP contribution < -0.4 is 4.90 Å². The summed E-state index contributed by atoms with van der Waals surface area (Å²) in [5.41, 5.74) is 0.687. The molecule has 3 aliphatic rings. The minimum Gasteiger partial charge on any atom is -0.396 e. The molecule has 5 rings (SSSR count). The summed E-state index contributed by atoms with van der Waals surface area (Å²) < 4.78 is 8.21.